The van der Waals surface area contributed by atoms with Crippen molar-refractivity contribution in [3.8, 4) is 23.0 Å². The Morgan fingerprint density at radius 1 is 1.00 bits per heavy atom. The minimum absolute atomic E-state index is 0.0401. The molecule has 8 nitrogen and oxygen atoms in total. The molecule has 1 aromatic carbocycles. The third-order valence-corrected chi connectivity index (χ3v) is 6.62. The Labute approximate surface area is 193 Å². The third kappa shape index (κ3) is 4.25. The van der Waals surface area contributed by atoms with Gasteiger partial charge in [-0.25, -0.2) is 0 Å². The lowest BCUT2D eigenvalue weighted by molar-refractivity contribution is -0.137. The van der Waals surface area contributed by atoms with Crippen LogP contribution in [0.1, 0.15) is 24.0 Å². The van der Waals surface area contributed by atoms with E-state index in [0.29, 0.717) is 23.7 Å². The number of anilines is 1. The fourth-order valence-corrected chi connectivity index (χ4v) is 4.73. The fraction of sp³-hybridized carbons (Fsp3) is 0.400. The van der Waals surface area contributed by atoms with Crippen molar-refractivity contribution in [2.75, 3.05) is 38.8 Å². The molecule has 0 aliphatic carbocycles. The van der Waals surface area contributed by atoms with E-state index in [1.165, 1.54) is 5.56 Å². The number of hydrogen-bond donors (Lipinski definition) is 0. The number of methoxy groups -OCH3 is 2. The molecule has 2 aliphatic heterocycles. The zero-order chi connectivity index (χ0) is 22.8. The van der Waals surface area contributed by atoms with Crippen LogP contribution in [0.3, 0.4) is 0 Å². The highest BCUT2D eigenvalue weighted by Crippen LogP contribution is 2.34. The summed E-state index contributed by atoms with van der Waals surface area (Å²) in [5, 5.41) is 8.66. The van der Waals surface area contributed by atoms with Gasteiger partial charge in [0.1, 0.15) is 5.69 Å². The van der Waals surface area contributed by atoms with Gasteiger partial charge in [0.2, 0.25) is 5.91 Å². The van der Waals surface area contributed by atoms with E-state index < -0.39 is 0 Å². The van der Waals surface area contributed by atoms with Gasteiger partial charge in [0, 0.05) is 32.1 Å². The van der Waals surface area contributed by atoms with Gasteiger partial charge in [-0.3, -0.25) is 4.79 Å². The molecule has 0 saturated carbocycles. The molecular weight excluding hydrogens is 420 g/mol. The molecule has 172 valence electrons. The summed E-state index contributed by atoms with van der Waals surface area (Å²) in [6.45, 7) is 2.94. The number of carbonyl (C=O) groups is 1. The average molecular weight is 449 g/mol. The molecule has 1 fully saturated rings. The predicted molar refractivity (Wildman–Crippen MR) is 123 cm³/mol. The maximum absolute atomic E-state index is 13.3. The molecule has 0 spiro atoms. The normalized spacial score (nSPS) is 16.4. The number of ether oxygens (including phenoxy) is 2. The van der Waals surface area contributed by atoms with E-state index in [0.717, 1.165) is 56.0 Å². The standard InChI is InChI=1S/C25H28N4O4/c1-31-22-14-18-9-12-29(16-19(18)15-23(22)32-2)25(30)17-7-10-28(11-8-17)24-6-5-20(26-27-24)21-4-3-13-33-21/h3-6,13-15,17H,7-12,16H2,1-2H3. The highest BCUT2D eigenvalue weighted by Gasteiger charge is 2.31. The van der Waals surface area contributed by atoms with Crippen molar-refractivity contribution in [3.63, 3.8) is 0 Å². The van der Waals surface area contributed by atoms with Crippen molar-refractivity contribution < 1.29 is 18.7 Å². The van der Waals surface area contributed by atoms with Crippen LogP contribution in [0.5, 0.6) is 11.5 Å². The summed E-state index contributed by atoms with van der Waals surface area (Å²) in [6, 6.07) is 11.6. The molecule has 0 bridgehead atoms. The number of fused-ring (bicyclic) bond motifs is 1. The van der Waals surface area contributed by atoms with Crippen LogP contribution in [0.15, 0.2) is 47.1 Å². The van der Waals surface area contributed by atoms with Gasteiger partial charge in [0.25, 0.3) is 0 Å². The van der Waals surface area contributed by atoms with E-state index in [-0.39, 0.29) is 11.8 Å². The average Bonchev–Trinajstić information content (AvgIpc) is 3.42. The minimum Gasteiger partial charge on any atom is -0.493 e. The molecule has 2 aliphatic rings. The zero-order valence-corrected chi connectivity index (χ0v) is 19.0. The van der Waals surface area contributed by atoms with E-state index in [9.17, 15) is 4.79 Å². The first-order chi connectivity index (χ1) is 16.2. The van der Waals surface area contributed by atoms with Gasteiger partial charge in [-0.15, -0.1) is 10.2 Å². The molecule has 8 heteroatoms. The molecule has 0 radical (unpaired) electrons. The second kappa shape index (κ2) is 9.13. The highest BCUT2D eigenvalue weighted by molar-refractivity contribution is 5.79. The largest absolute Gasteiger partial charge is 0.493 e. The number of furan rings is 1. The summed E-state index contributed by atoms with van der Waals surface area (Å²) in [5.41, 5.74) is 3.08. The lowest BCUT2D eigenvalue weighted by atomic mass is 9.92. The van der Waals surface area contributed by atoms with Crippen LogP contribution in [-0.2, 0) is 17.8 Å². The van der Waals surface area contributed by atoms with Crippen molar-refractivity contribution in [2.24, 2.45) is 5.92 Å². The SMILES string of the molecule is COc1cc2c(cc1OC)CN(C(=O)C1CCN(c3ccc(-c4ccco4)nn3)CC1)CC2. The second-order valence-electron chi connectivity index (χ2n) is 8.50. The summed E-state index contributed by atoms with van der Waals surface area (Å²) in [4.78, 5) is 17.5. The van der Waals surface area contributed by atoms with Gasteiger partial charge in [0.05, 0.1) is 20.5 Å². The minimum atomic E-state index is 0.0401. The molecule has 4 heterocycles. The van der Waals surface area contributed by atoms with Crippen LogP contribution >= 0.6 is 0 Å². The lowest BCUT2D eigenvalue weighted by Gasteiger charge is -2.36. The number of carbonyl (C=O) groups excluding carboxylic acids is 1. The first-order valence-corrected chi connectivity index (χ1v) is 11.3. The molecule has 0 atom stereocenters. The van der Waals surface area contributed by atoms with E-state index in [1.807, 2.05) is 41.3 Å². The first-order valence-electron chi connectivity index (χ1n) is 11.3. The van der Waals surface area contributed by atoms with Crippen LogP contribution in [0, 0.1) is 5.92 Å². The van der Waals surface area contributed by atoms with E-state index in [2.05, 4.69) is 15.1 Å². The number of rotatable bonds is 5. The van der Waals surface area contributed by atoms with E-state index in [4.69, 9.17) is 13.9 Å². The molecule has 1 amide bonds. The topological polar surface area (TPSA) is 80.9 Å². The number of piperidine rings is 1. The van der Waals surface area contributed by atoms with Gasteiger partial charge in [-0.2, -0.15) is 0 Å². The molecular formula is C25H28N4O4. The summed E-state index contributed by atoms with van der Waals surface area (Å²) < 4.78 is 16.2. The van der Waals surface area contributed by atoms with Gasteiger partial charge >= 0.3 is 0 Å². The summed E-state index contributed by atoms with van der Waals surface area (Å²) >= 11 is 0. The summed E-state index contributed by atoms with van der Waals surface area (Å²) in [6.07, 6.45) is 4.09. The summed E-state index contributed by atoms with van der Waals surface area (Å²) in [7, 11) is 3.28. The van der Waals surface area contributed by atoms with Gasteiger partial charge in [-0.1, -0.05) is 0 Å². The first kappa shape index (κ1) is 21.3. The Morgan fingerprint density at radius 2 is 1.76 bits per heavy atom. The Morgan fingerprint density at radius 3 is 2.39 bits per heavy atom. The third-order valence-electron chi connectivity index (χ3n) is 6.62. The fourth-order valence-electron chi connectivity index (χ4n) is 4.73. The van der Waals surface area contributed by atoms with Gasteiger partial charge < -0.3 is 23.7 Å². The predicted octanol–water partition coefficient (Wildman–Crippen LogP) is 3.56. The second-order valence-corrected chi connectivity index (χ2v) is 8.50. The van der Waals surface area contributed by atoms with Crippen LogP contribution in [0.2, 0.25) is 0 Å². The highest BCUT2D eigenvalue weighted by atomic mass is 16.5. The van der Waals surface area contributed by atoms with Gasteiger partial charge in [0.15, 0.2) is 23.1 Å². The van der Waals surface area contributed by atoms with E-state index >= 15 is 0 Å². The zero-order valence-electron chi connectivity index (χ0n) is 19.0. The Balaban J connectivity index is 1.20. The smallest absolute Gasteiger partial charge is 0.226 e. The number of benzene rings is 1. The number of hydrogen-bond acceptors (Lipinski definition) is 7. The number of aromatic nitrogens is 2. The van der Waals surface area contributed by atoms with Gasteiger partial charge in [-0.05, 0) is 66.8 Å². The molecule has 0 unspecified atom stereocenters. The van der Waals surface area contributed by atoms with Crippen LogP contribution in [-0.4, -0.2) is 54.9 Å². The Bertz CT molecular complexity index is 1110. The molecule has 5 rings (SSSR count). The van der Waals surface area contributed by atoms with Crippen molar-refractivity contribution in [2.45, 2.75) is 25.8 Å². The molecule has 33 heavy (non-hydrogen) atoms. The molecule has 0 N–H and O–H groups in total. The quantitative estimate of drug-likeness (QED) is 0.590. The lowest BCUT2D eigenvalue weighted by Crippen LogP contribution is -2.44. The maximum atomic E-state index is 13.3. The molecule has 2 aromatic heterocycles. The van der Waals surface area contributed by atoms with Crippen molar-refractivity contribution in [1.29, 1.82) is 0 Å². The Hall–Kier alpha value is -3.55. The molecule has 1 saturated heterocycles. The van der Waals surface area contributed by atoms with Crippen molar-refractivity contribution in [3.05, 3.63) is 53.8 Å². The number of amides is 1. The molecule has 3 aromatic rings. The summed E-state index contributed by atoms with van der Waals surface area (Å²) in [5.74, 6) is 3.27. The van der Waals surface area contributed by atoms with Crippen molar-refractivity contribution in [1.82, 2.24) is 15.1 Å². The maximum Gasteiger partial charge on any atom is 0.226 e. The van der Waals surface area contributed by atoms with Crippen molar-refractivity contribution >= 4 is 11.7 Å². The van der Waals surface area contributed by atoms with Crippen LogP contribution in [0.4, 0.5) is 5.82 Å². The Kier molecular flexibility index (Phi) is 5.90. The van der Waals surface area contributed by atoms with Crippen LogP contribution in [0.25, 0.3) is 11.5 Å². The van der Waals surface area contributed by atoms with E-state index in [1.54, 1.807) is 20.5 Å². The monoisotopic (exact) mass is 448 g/mol. The van der Waals surface area contributed by atoms with Crippen LogP contribution < -0.4 is 14.4 Å². The number of nitrogens with zero attached hydrogens (tertiary/aromatic N) is 4.